The van der Waals surface area contributed by atoms with E-state index in [2.05, 4.69) is 4.98 Å². The van der Waals surface area contributed by atoms with Gasteiger partial charge in [0.15, 0.2) is 5.76 Å². The number of nitrogens with two attached hydrogens (primary N) is 1. The van der Waals surface area contributed by atoms with E-state index in [4.69, 9.17) is 10.5 Å². The number of amides is 1. The van der Waals surface area contributed by atoms with Crippen molar-refractivity contribution in [2.75, 3.05) is 13.3 Å². The predicted octanol–water partition coefficient (Wildman–Crippen LogP) is 2.14. The van der Waals surface area contributed by atoms with Crippen LogP contribution in [-0.2, 0) is 16.1 Å². The third-order valence-corrected chi connectivity index (χ3v) is 4.83. The third-order valence-electron chi connectivity index (χ3n) is 4.83. The molecule has 3 N–H and O–H groups in total. The summed E-state index contributed by atoms with van der Waals surface area (Å²) >= 11 is 0. The summed E-state index contributed by atoms with van der Waals surface area (Å²) in [5, 5.41) is 10.7. The fourth-order valence-corrected chi connectivity index (χ4v) is 3.48. The van der Waals surface area contributed by atoms with Gasteiger partial charge in [-0.1, -0.05) is 18.2 Å². The lowest BCUT2D eigenvalue weighted by molar-refractivity contribution is -0.131. The number of pyridine rings is 1. The van der Waals surface area contributed by atoms with E-state index in [9.17, 15) is 14.3 Å². The van der Waals surface area contributed by atoms with Gasteiger partial charge in [-0.2, -0.15) is 0 Å². The van der Waals surface area contributed by atoms with Gasteiger partial charge in [0.2, 0.25) is 0 Å². The highest BCUT2D eigenvalue weighted by Crippen LogP contribution is 2.40. The largest absolute Gasteiger partial charge is 0.505 e. The molecule has 0 bridgehead atoms. The van der Waals surface area contributed by atoms with Crippen molar-refractivity contribution in [3.05, 3.63) is 70.8 Å². The molecule has 2 heterocycles. The van der Waals surface area contributed by atoms with E-state index in [1.807, 2.05) is 0 Å². The van der Waals surface area contributed by atoms with Crippen molar-refractivity contribution in [3.8, 4) is 0 Å². The van der Waals surface area contributed by atoms with Crippen LogP contribution >= 0.6 is 0 Å². The zero-order chi connectivity index (χ0) is 18.3. The maximum atomic E-state index is 13.1. The molecule has 1 aromatic heterocycles. The summed E-state index contributed by atoms with van der Waals surface area (Å²) in [4.78, 5) is 18.7. The number of nitrogens with zero attached hydrogens (tertiary/aromatic N) is 2. The lowest BCUT2D eigenvalue weighted by Gasteiger charge is -2.30. The molecule has 0 saturated carbocycles. The van der Waals surface area contributed by atoms with E-state index in [1.54, 1.807) is 30.5 Å². The molecule has 6 nitrogen and oxygen atoms in total. The predicted molar refractivity (Wildman–Crippen MR) is 92.0 cm³/mol. The normalized spacial score (nSPS) is 22.7. The zero-order valence-corrected chi connectivity index (χ0v) is 13.9. The number of aliphatic hydroxyl groups excluding tert-OH is 1. The van der Waals surface area contributed by atoms with Gasteiger partial charge in [0.1, 0.15) is 18.2 Å². The molecule has 1 aliphatic carbocycles. The van der Waals surface area contributed by atoms with Crippen LogP contribution in [0.2, 0.25) is 0 Å². The van der Waals surface area contributed by atoms with Crippen LogP contribution < -0.4 is 5.73 Å². The molecular formula is C19H18FN3O3. The number of fused-ring (bicyclic) bond motifs is 2. The number of hydrogen-bond acceptors (Lipinski definition) is 5. The quantitative estimate of drug-likeness (QED) is 0.862. The zero-order valence-electron chi connectivity index (χ0n) is 13.9. The molecule has 2 aliphatic rings. The van der Waals surface area contributed by atoms with Crippen LogP contribution in [0.1, 0.15) is 22.9 Å². The topological polar surface area (TPSA) is 88.7 Å². The van der Waals surface area contributed by atoms with Crippen molar-refractivity contribution < 1.29 is 19.0 Å². The number of aromatic nitrogens is 1. The molecule has 1 amide bonds. The molecule has 4 rings (SSSR count). The molecule has 2 aromatic rings. The van der Waals surface area contributed by atoms with Crippen molar-refractivity contribution >= 4 is 11.7 Å². The van der Waals surface area contributed by atoms with Crippen molar-refractivity contribution in [3.63, 3.8) is 0 Å². The Bertz CT molecular complexity index is 882. The molecule has 2 unspecified atom stereocenters. The highest BCUT2D eigenvalue weighted by molar-refractivity contribution is 6.01. The standard InChI is InChI=1S/C19H18FN3O3/c20-12-5-3-11(4-6-12)8-23-10-26-9-14-15(19(23)25)18(24)17-13(16(14)21)2-1-7-22-17/h1-7,14,16,24H,8-10,21H2. The molecule has 134 valence electrons. The van der Waals surface area contributed by atoms with Crippen LogP contribution in [0, 0.1) is 11.7 Å². The summed E-state index contributed by atoms with van der Waals surface area (Å²) < 4.78 is 18.8. The molecular weight excluding hydrogens is 337 g/mol. The fourth-order valence-electron chi connectivity index (χ4n) is 3.48. The number of carbonyl (C=O) groups excluding carboxylic acids is 1. The second kappa shape index (κ2) is 6.51. The minimum Gasteiger partial charge on any atom is -0.505 e. The summed E-state index contributed by atoms with van der Waals surface area (Å²) in [6.45, 7) is 0.535. The molecule has 1 fully saturated rings. The lowest BCUT2D eigenvalue weighted by Crippen LogP contribution is -2.37. The highest BCUT2D eigenvalue weighted by atomic mass is 19.1. The van der Waals surface area contributed by atoms with Gasteiger partial charge in [-0.05, 0) is 29.3 Å². The van der Waals surface area contributed by atoms with Gasteiger partial charge in [-0.15, -0.1) is 0 Å². The molecule has 1 aliphatic heterocycles. The molecule has 0 spiro atoms. The second-order valence-corrected chi connectivity index (χ2v) is 6.47. The molecule has 7 heteroatoms. The fraction of sp³-hybridized carbons (Fsp3) is 0.263. The number of carbonyl (C=O) groups is 1. The second-order valence-electron chi connectivity index (χ2n) is 6.47. The van der Waals surface area contributed by atoms with Gasteiger partial charge in [0, 0.05) is 24.7 Å². The van der Waals surface area contributed by atoms with E-state index in [0.29, 0.717) is 11.3 Å². The number of rotatable bonds is 2. The van der Waals surface area contributed by atoms with Gasteiger partial charge in [0.25, 0.3) is 5.91 Å². The maximum Gasteiger partial charge on any atom is 0.256 e. The minimum absolute atomic E-state index is 0.0694. The number of aliphatic hydroxyl groups is 1. The Balaban J connectivity index is 1.71. The maximum absolute atomic E-state index is 13.1. The Kier molecular flexibility index (Phi) is 4.18. The van der Waals surface area contributed by atoms with Gasteiger partial charge < -0.3 is 20.5 Å². The van der Waals surface area contributed by atoms with Gasteiger partial charge in [-0.3, -0.25) is 9.78 Å². The third kappa shape index (κ3) is 2.75. The average molecular weight is 355 g/mol. The first kappa shape index (κ1) is 16.7. The first-order valence-electron chi connectivity index (χ1n) is 8.31. The van der Waals surface area contributed by atoms with Gasteiger partial charge in [0.05, 0.1) is 12.2 Å². The number of ether oxygens (including phenoxy) is 1. The van der Waals surface area contributed by atoms with Crippen LogP contribution in [0.25, 0.3) is 5.76 Å². The summed E-state index contributed by atoms with van der Waals surface area (Å²) in [7, 11) is 0. The van der Waals surface area contributed by atoms with Gasteiger partial charge in [-0.25, -0.2) is 4.39 Å². The van der Waals surface area contributed by atoms with Gasteiger partial charge >= 0.3 is 0 Å². The van der Waals surface area contributed by atoms with Crippen molar-refractivity contribution in [2.45, 2.75) is 12.6 Å². The molecule has 1 saturated heterocycles. The number of halogens is 1. The molecule has 0 radical (unpaired) electrons. The number of benzene rings is 1. The van der Waals surface area contributed by atoms with E-state index in [0.717, 1.165) is 5.56 Å². The Morgan fingerprint density at radius 2 is 2.08 bits per heavy atom. The van der Waals surface area contributed by atoms with Crippen LogP contribution in [0.3, 0.4) is 0 Å². The Hall–Kier alpha value is -2.77. The van der Waals surface area contributed by atoms with Crippen LogP contribution in [-0.4, -0.2) is 34.2 Å². The van der Waals surface area contributed by atoms with Crippen molar-refractivity contribution in [1.29, 1.82) is 0 Å². The molecule has 1 aromatic carbocycles. The number of hydrogen-bond donors (Lipinski definition) is 2. The van der Waals surface area contributed by atoms with Crippen LogP contribution in [0.4, 0.5) is 4.39 Å². The van der Waals surface area contributed by atoms with Crippen molar-refractivity contribution in [2.24, 2.45) is 11.7 Å². The highest BCUT2D eigenvalue weighted by Gasteiger charge is 2.41. The molecule has 26 heavy (non-hydrogen) atoms. The van der Waals surface area contributed by atoms with Crippen molar-refractivity contribution in [1.82, 2.24) is 9.88 Å². The SMILES string of the molecule is NC1c2cccnc2C(O)=C2C(=O)N(Cc3ccc(F)cc3)COCC21. The first-order chi connectivity index (χ1) is 12.6. The first-order valence-corrected chi connectivity index (χ1v) is 8.31. The Morgan fingerprint density at radius 1 is 1.31 bits per heavy atom. The average Bonchev–Trinajstić information content (AvgIpc) is 2.81. The monoisotopic (exact) mass is 355 g/mol. The smallest absolute Gasteiger partial charge is 0.256 e. The van der Waals surface area contributed by atoms with Crippen LogP contribution in [0.15, 0.2) is 48.2 Å². The van der Waals surface area contributed by atoms with Crippen LogP contribution in [0.5, 0.6) is 0 Å². The van der Waals surface area contributed by atoms with E-state index < -0.39 is 12.0 Å². The van der Waals surface area contributed by atoms with E-state index in [1.165, 1.54) is 17.0 Å². The molecule has 2 atom stereocenters. The minimum atomic E-state index is -0.487. The summed E-state index contributed by atoms with van der Waals surface area (Å²) in [6.07, 6.45) is 1.55. The Labute approximate surface area is 149 Å². The Morgan fingerprint density at radius 3 is 2.85 bits per heavy atom. The summed E-state index contributed by atoms with van der Waals surface area (Å²) in [5.74, 6) is -1.28. The van der Waals surface area contributed by atoms with E-state index >= 15 is 0 Å². The summed E-state index contributed by atoms with van der Waals surface area (Å²) in [6, 6.07) is 8.97. The lowest BCUT2D eigenvalue weighted by atomic mass is 9.80. The van der Waals surface area contributed by atoms with E-state index in [-0.39, 0.29) is 42.9 Å². The summed E-state index contributed by atoms with van der Waals surface area (Å²) in [5.41, 5.74) is 8.35.